The van der Waals surface area contributed by atoms with E-state index in [-0.39, 0.29) is 11.1 Å². The quantitative estimate of drug-likeness (QED) is 0.428. The van der Waals surface area contributed by atoms with E-state index >= 15 is 0 Å². The van der Waals surface area contributed by atoms with Gasteiger partial charge in [0.25, 0.3) is 5.91 Å². The number of ether oxygens (including phenoxy) is 2. The molecule has 0 bridgehead atoms. The van der Waals surface area contributed by atoms with E-state index in [1.807, 2.05) is 18.2 Å². The van der Waals surface area contributed by atoms with E-state index in [4.69, 9.17) is 15.2 Å². The van der Waals surface area contributed by atoms with E-state index in [9.17, 15) is 4.79 Å². The maximum atomic E-state index is 11.7. The highest BCUT2D eigenvalue weighted by atomic mass is 32.2. The Hall–Kier alpha value is -2.38. The van der Waals surface area contributed by atoms with Gasteiger partial charge in [0.2, 0.25) is 0 Å². The lowest BCUT2D eigenvalue weighted by molar-refractivity contribution is -0.113. The van der Waals surface area contributed by atoms with E-state index in [0.717, 1.165) is 11.3 Å². The lowest BCUT2D eigenvalue weighted by Gasteiger charge is -2.11. The molecule has 3 rings (SSSR count). The third kappa shape index (κ3) is 5.30. The third-order valence-electron chi connectivity index (χ3n) is 3.75. The first kappa shape index (κ1) is 19.4. The number of benzene rings is 2. The van der Waals surface area contributed by atoms with Gasteiger partial charge < -0.3 is 15.2 Å². The number of carbonyl (C=O) groups is 1. The van der Waals surface area contributed by atoms with Gasteiger partial charge >= 0.3 is 0 Å². The first-order valence-electron chi connectivity index (χ1n) is 8.33. The van der Waals surface area contributed by atoms with Gasteiger partial charge in [0.1, 0.15) is 0 Å². The average Bonchev–Trinajstić information content (AvgIpc) is 2.98. The van der Waals surface area contributed by atoms with Crippen molar-refractivity contribution < 1.29 is 14.3 Å². The maximum absolute atomic E-state index is 11.7. The van der Waals surface area contributed by atoms with Crippen molar-refractivity contribution in [2.45, 2.75) is 11.8 Å². The van der Waals surface area contributed by atoms with Crippen LogP contribution in [0.3, 0.4) is 0 Å². The average molecular weight is 401 g/mol. The van der Waals surface area contributed by atoms with Crippen LogP contribution in [0.2, 0.25) is 0 Å². The highest BCUT2D eigenvalue weighted by Gasteiger charge is 2.19. The molecular weight excluding hydrogens is 380 g/mol. The summed E-state index contributed by atoms with van der Waals surface area (Å²) in [5.41, 5.74) is 7.65. The molecule has 1 aliphatic heterocycles. The summed E-state index contributed by atoms with van der Waals surface area (Å²) in [4.78, 5) is 17.1. The van der Waals surface area contributed by atoms with Crippen molar-refractivity contribution >= 4 is 40.7 Å². The molecule has 0 spiro atoms. The lowest BCUT2D eigenvalue weighted by atomic mass is 10.2. The molecule has 27 heavy (non-hydrogen) atoms. The fourth-order valence-electron chi connectivity index (χ4n) is 2.42. The Morgan fingerprint density at radius 1 is 1.19 bits per heavy atom. The number of hydrogen-bond acceptors (Lipinski definition) is 6. The molecule has 2 N–H and O–H groups in total. The number of nitrogens with two attached hydrogens (primary N) is 1. The van der Waals surface area contributed by atoms with Crippen molar-refractivity contribution in [3.63, 3.8) is 0 Å². The summed E-state index contributed by atoms with van der Waals surface area (Å²) < 4.78 is 11.3. The molecule has 2 aromatic rings. The van der Waals surface area contributed by atoms with Crippen molar-refractivity contribution in [3.8, 4) is 11.5 Å². The zero-order valence-electron chi connectivity index (χ0n) is 15.1. The summed E-state index contributed by atoms with van der Waals surface area (Å²) >= 11 is 2.91. The molecule has 0 saturated carbocycles. The minimum absolute atomic E-state index is 0.268. The fourth-order valence-corrected chi connectivity index (χ4v) is 3.83. The van der Waals surface area contributed by atoms with Gasteiger partial charge in [-0.15, -0.1) is 11.8 Å². The Bertz CT molecular complexity index is 893. The number of methoxy groups -OCH3 is 1. The topological polar surface area (TPSA) is 73.9 Å². The monoisotopic (exact) mass is 400 g/mol. The largest absolute Gasteiger partial charge is 0.493 e. The molecular formula is C20H20N2O3S2. The molecule has 0 fully saturated rings. The normalized spacial score (nSPS) is 15.1. The number of hydrogen-bond donors (Lipinski definition) is 1. The van der Waals surface area contributed by atoms with E-state index in [1.54, 1.807) is 24.9 Å². The molecule has 0 aliphatic carbocycles. The number of aliphatic imine (C=N–C) groups is 1. The Kier molecular flexibility index (Phi) is 6.47. The smallest absolute Gasteiger partial charge is 0.286 e. The first-order valence-corrected chi connectivity index (χ1v) is 10.1. The van der Waals surface area contributed by atoms with Crippen LogP contribution in [-0.2, 0) is 4.79 Å². The molecule has 2 aromatic carbocycles. The Morgan fingerprint density at radius 2 is 1.96 bits per heavy atom. The predicted molar refractivity (Wildman–Crippen MR) is 113 cm³/mol. The van der Waals surface area contributed by atoms with E-state index in [0.29, 0.717) is 23.0 Å². The summed E-state index contributed by atoms with van der Waals surface area (Å²) in [6.07, 6.45) is 1.75. The van der Waals surface area contributed by atoms with Crippen LogP contribution in [0.25, 0.3) is 6.08 Å². The van der Waals surface area contributed by atoms with Gasteiger partial charge in [0, 0.05) is 10.6 Å². The Labute approximate surface area is 167 Å². The SMILES string of the molecule is COc1cc(/C=C2/SC(N)=NC2=O)ccc1OCCSc1ccc(C)cc1. The summed E-state index contributed by atoms with van der Waals surface area (Å²) in [5.74, 6) is 1.81. The van der Waals surface area contributed by atoms with Crippen molar-refractivity contribution in [1.82, 2.24) is 0 Å². The molecule has 0 radical (unpaired) electrons. The highest BCUT2D eigenvalue weighted by Crippen LogP contribution is 2.32. The van der Waals surface area contributed by atoms with Crippen LogP contribution in [0.15, 0.2) is 57.3 Å². The second-order valence-electron chi connectivity index (χ2n) is 5.79. The molecule has 140 valence electrons. The second-order valence-corrected chi connectivity index (χ2v) is 8.02. The molecule has 1 aliphatic rings. The number of carbonyl (C=O) groups excluding carboxylic acids is 1. The van der Waals surface area contributed by atoms with Gasteiger partial charge in [-0.25, -0.2) is 0 Å². The van der Waals surface area contributed by atoms with Gasteiger partial charge in [0.05, 0.1) is 18.6 Å². The van der Waals surface area contributed by atoms with Crippen molar-refractivity contribution in [1.29, 1.82) is 0 Å². The number of nitrogens with zero attached hydrogens (tertiary/aromatic N) is 1. The number of amidine groups is 1. The number of aryl methyl sites for hydroxylation is 1. The summed E-state index contributed by atoms with van der Waals surface area (Å²) in [7, 11) is 1.59. The first-order chi connectivity index (χ1) is 13.0. The van der Waals surface area contributed by atoms with Crippen LogP contribution in [0.5, 0.6) is 11.5 Å². The molecule has 5 nitrogen and oxygen atoms in total. The van der Waals surface area contributed by atoms with Gasteiger partial charge in [-0.3, -0.25) is 4.79 Å². The van der Waals surface area contributed by atoms with Gasteiger partial charge in [-0.05, 0) is 54.6 Å². The maximum Gasteiger partial charge on any atom is 0.286 e. The molecule has 1 heterocycles. The van der Waals surface area contributed by atoms with Crippen LogP contribution in [-0.4, -0.2) is 30.5 Å². The van der Waals surface area contributed by atoms with Crippen LogP contribution < -0.4 is 15.2 Å². The van der Waals surface area contributed by atoms with Crippen molar-refractivity contribution in [2.75, 3.05) is 19.5 Å². The fraction of sp³-hybridized carbons (Fsp3) is 0.200. The molecule has 0 aromatic heterocycles. The summed E-state index contributed by atoms with van der Waals surface area (Å²) in [6, 6.07) is 14.0. The van der Waals surface area contributed by atoms with E-state index in [1.165, 1.54) is 22.2 Å². The number of rotatable bonds is 7. The molecule has 0 unspecified atom stereocenters. The van der Waals surface area contributed by atoms with Crippen molar-refractivity contribution in [2.24, 2.45) is 10.7 Å². The lowest BCUT2D eigenvalue weighted by Crippen LogP contribution is -2.02. The minimum Gasteiger partial charge on any atom is -0.493 e. The van der Waals surface area contributed by atoms with Gasteiger partial charge in [-0.2, -0.15) is 4.99 Å². The Morgan fingerprint density at radius 3 is 2.63 bits per heavy atom. The molecule has 0 atom stereocenters. The molecule has 7 heteroatoms. The second kappa shape index (κ2) is 9.01. The van der Waals surface area contributed by atoms with Gasteiger partial charge in [0.15, 0.2) is 16.7 Å². The van der Waals surface area contributed by atoms with Crippen LogP contribution in [0.4, 0.5) is 0 Å². The number of thioether (sulfide) groups is 2. The van der Waals surface area contributed by atoms with Gasteiger partial charge in [-0.1, -0.05) is 23.8 Å². The minimum atomic E-state index is -0.315. The standard InChI is InChI=1S/C20H20N2O3S2/c1-13-3-6-15(7-4-13)26-10-9-25-16-8-5-14(11-17(16)24-2)12-18-19(23)22-20(21)27-18/h3-8,11-12H,9-10H2,1-2H3,(H2,21,22,23)/b18-12+. The van der Waals surface area contributed by atoms with E-state index in [2.05, 4.69) is 36.2 Å². The highest BCUT2D eigenvalue weighted by molar-refractivity contribution is 8.18. The van der Waals surface area contributed by atoms with Crippen LogP contribution in [0.1, 0.15) is 11.1 Å². The molecule has 1 amide bonds. The third-order valence-corrected chi connectivity index (χ3v) is 5.54. The zero-order valence-corrected chi connectivity index (χ0v) is 16.7. The predicted octanol–water partition coefficient (Wildman–Crippen LogP) is 4.10. The number of amides is 1. The molecule has 0 saturated heterocycles. The van der Waals surface area contributed by atoms with Crippen molar-refractivity contribution in [3.05, 3.63) is 58.5 Å². The zero-order chi connectivity index (χ0) is 19.2. The summed E-state index contributed by atoms with van der Waals surface area (Å²) in [5, 5.41) is 0.268. The Balaban J connectivity index is 1.58. The van der Waals surface area contributed by atoms with E-state index < -0.39 is 0 Å². The summed E-state index contributed by atoms with van der Waals surface area (Å²) in [6.45, 7) is 2.64. The van der Waals surface area contributed by atoms with Crippen LogP contribution >= 0.6 is 23.5 Å². The van der Waals surface area contributed by atoms with Crippen LogP contribution in [0, 0.1) is 6.92 Å².